The lowest BCUT2D eigenvalue weighted by Crippen LogP contribution is -2.59. The second-order valence-corrected chi connectivity index (χ2v) is 17.9. The second-order valence-electron chi connectivity index (χ2n) is 17.9. The lowest BCUT2D eigenvalue weighted by Gasteiger charge is -2.47. The number of likely N-dealkylation sites (N-methyl/N-ethyl adjacent to an activating group) is 1. The summed E-state index contributed by atoms with van der Waals surface area (Å²) in [5.74, 6) is -4.52. The van der Waals surface area contributed by atoms with Gasteiger partial charge in [-0.25, -0.2) is 4.68 Å². The first-order chi connectivity index (χ1) is 27.1. The molecule has 0 radical (unpaired) electrons. The molecule has 2 bridgehead atoms. The number of fused-ring (bicyclic) bond motifs is 2. The van der Waals surface area contributed by atoms with Gasteiger partial charge < -0.3 is 48.3 Å². The number of hydrogen-bond acceptors (Lipinski definition) is 15. The first-order valence-electron chi connectivity index (χ1n) is 20.9. The summed E-state index contributed by atoms with van der Waals surface area (Å²) in [5, 5.41) is 29.4. The van der Waals surface area contributed by atoms with Crippen LogP contribution in [0.5, 0.6) is 0 Å². The number of aliphatic hydroxyl groups is 2. The maximum absolute atomic E-state index is 14.6. The van der Waals surface area contributed by atoms with Crippen LogP contribution in [0.4, 0.5) is 0 Å². The van der Waals surface area contributed by atoms with Crippen LogP contribution in [-0.2, 0) is 60.7 Å². The molecule has 0 aromatic carbocycles. The molecule has 0 spiro atoms. The number of cyclic esters (lactones) is 1. The predicted octanol–water partition coefficient (Wildman–Crippen LogP) is 4.19. The number of carbonyl (C=O) groups excluding carboxylic acids is 3. The van der Waals surface area contributed by atoms with E-state index in [1.807, 2.05) is 60.5 Å². The smallest absolute Gasteiger partial charge is 0.311 e. The zero-order chi connectivity index (χ0) is 43.4. The molecule has 0 amide bonds. The van der Waals surface area contributed by atoms with Crippen molar-refractivity contribution in [2.24, 2.45) is 29.6 Å². The molecule has 13 atom stereocenters. The number of aromatic nitrogens is 3. The van der Waals surface area contributed by atoms with E-state index < -0.39 is 95.5 Å². The number of carbonyl (C=O) groups is 3. The standard InChI is InChI=1S/C42H70N4O12/c1-15-31-42(12,58-38(50)23(4)5)36(55-37(49)22(2)3)26(8)33-24(6)19-41(11,57-33)35(56-40-32(48)30(45(13)14)18-25(7)53-40)27(9)34(28(10)39(51)54-31)52-21-29-20-46(16-17-47)44-43-29/h20,22-23,25-28,30-32,34-36,40,47-48H,15-19,21H2,1-14H3/t25-,26+,27+,28-,30+,31-,32-,34+,35-,36-,40+,41-,42-/m1/s1. The summed E-state index contributed by atoms with van der Waals surface area (Å²) < 4.78 is 47.5. The average Bonchev–Trinajstić information content (AvgIpc) is 3.74. The number of rotatable bonds is 13. The largest absolute Gasteiger partial charge is 0.488 e. The third-order valence-electron chi connectivity index (χ3n) is 11.9. The third kappa shape index (κ3) is 10.4. The quantitative estimate of drug-likeness (QED) is 0.213. The van der Waals surface area contributed by atoms with E-state index in [1.54, 1.807) is 47.7 Å². The number of aliphatic hydroxyl groups excluding tert-OH is 2. The van der Waals surface area contributed by atoms with Gasteiger partial charge in [-0.05, 0) is 67.1 Å². The van der Waals surface area contributed by atoms with Crippen molar-refractivity contribution in [3.63, 3.8) is 0 Å². The molecular weight excluding hydrogens is 752 g/mol. The van der Waals surface area contributed by atoms with Gasteiger partial charge in [0, 0.05) is 18.4 Å². The molecule has 58 heavy (non-hydrogen) atoms. The molecule has 1 aromatic heterocycles. The van der Waals surface area contributed by atoms with Crippen molar-refractivity contribution in [1.29, 1.82) is 0 Å². The highest BCUT2D eigenvalue weighted by molar-refractivity contribution is 5.74. The van der Waals surface area contributed by atoms with Gasteiger partial charge >= 0.3 is 17.9 Å². The Balaban J connectivity index is 1.92. The van der Waals surface area contributed by atoms with E-state index in [1.165, 1.54) is 4.68 Å². The minimum Gasteiger partial charge on any atom is -0.488 e. The van der Waals surface area contributed by atoms with Gasteiger partial charge in [0.25, 0.3) is 0 Å². The summed E-state index contributed by atoms with van der Waals surface area (Å²) >= 11 is 0. The van der Waals surface area contributed by atoms with Gasteiger partial charge in [0.15, 0.2) is 18.0 Å². The minimum absolute atomic E-state index is 0.0433. The summed E-state index contributed by atoms with van der Waals surface area (Å²) in [7, 11) is 3.80. The fraction of sp³-hybridized carbons (Fsp3) is 0.833. The lowest BCUT2D eigenvalue weighted by atomic mass is 9.78. The van der Waals surface area contributed by atoms with Gasteiger partial charge in [0.05, 0.1) is 61.8 Å². The Bertz CT molecular complexity index is 1600. The molecular formula is C42H70N4O12. The van der Waals surface area contributed by atoms with Crippen molar-refractivity contribution in [2.45, 2.75) is 176 Å². The van der Waals surface area contributed by atoms with Crippen molar-refractivity contribution in [2.75, 3.05) is 20.7 Å². The van der Waals surface area contributed by atoms with Crippen molar-refractivity contribution in [3.05, 3.63) is 23.2 Å². The van der Waals surface area contributed by atoms with E-state index in [-0.39, 0.29) is 38.3 Å². The Morgan fingerprint density at radius 2 is 1.71 bits per heavy atom. The van der Waals surface area contributed by atoms with E-state index >= 15 is 0 Å². The topological polar surface area (TPSA) is 190 Å². The molecule has 4 heterocycles. The molecule has 2 fully saturated rings. The highest BCUT2D eigenvalue weighted by atomic mass is 16.7. The van der Waals surface area contributed by atoms with Gasteiger partial charge in [-0.3, -0.25) is 14.4 Å². The van der Waals surface area contributed by atoms with E-state index in [9.17, 15) is 24.6 Å². The molecule has 330 valence electrons. The van der Waals surface area contributed by atoms with Crippen molar-refractivity contribution in [1.82, 2.24) is 19.9 Å². The Kier molecular flexibility index (Phi) is 16.0. The first-order valence-corrected chi connectivity index (χ1v) is 20.9. The molecule has 0 unspecified atom stereocenters. The van der Waals surface area contributed by atoms with Crippen molar-refractivity contribution < 1.29 is 57.8 Å². The Morgan fingerprint density at radius 1 is 1.05 bits per heavy atom. The number of esters is 3. The van der Waals surface area contributed by atoms with Gasteiger partial charge in [-0.15, -0.1) is 5.10 Å². The Labute approximate surface area is 344 Å². The SMILES string of the molecule is CC[C@H]1OC(=O)[C@H](C)[C@@H](OCc2cn(CCO)nn2)[C@H](C)[C@@H](O[C@@H]2O[C@H](C)C[C@H](N(C)C)[C@H]2O)[C@@]2(C)CC(C)=C(O2)[C@H](C)[C@@H](OC(=O)C(C)C)[C@]1(C)OC(=O)C(C)C. The highest BCUT2D eigenvalue weighted by Gasteiger charge is 2.58. The van der Waals surface area contributed by atoms with Crippen LogP contribution in [0.2, 0.25) is 0 Å². The second kappa shape index (κ2) is 19.5. The van der Waals surface area contributed by atoms with Crippen molar-refractivity contribution >= 4 is 17.9 Å². The Hall–Kier alpha value is -3.15. The van der Waals surface area contributed by atoms with Crippen LogP contribution in [0.1, 0.15) is 108 Å². The van der Waals surface area contributed by atoms with Crippen LogP contribution in [0, 0.1) is 29.6 Å². The number of nitrogens with zero attached hydrogens (tertiary/aromatic N) is 4. The molecule has 1 aromatic rings. The molecule has 16 nitrogen and oxygen atoms in total. The lowest BCUT2D eigenvalue weighted by molar-refractivity contribution is -0.299. The normalized spacial score (nSPS) is 36.3. The van der Waals surface area contributed by atoms with Crippen LogP contribution in [0.25, 0.3) is 0 Å². The maximum atomic E-state index is 14.6. The zero-order valence-corrected chi connectivity index (χ0v) is 37.1. The van der Waals surface area contributed by atoms with Gasteiger partial charge in [-0.2, -0.15) is 0 Å². The summed E-state index contributed by atoms with van der Waals surface area (Å²) in [6.45, 7) is 21.7. The molecule has 2 N–H and O–H groups in total. The van der Waals surface area contributed by atoms with Crippen molar-refractivity contribution in [3.8, 4) is 0 Å². The van der Waals surface area contributed by atoms with Crippen LogP contribution >= 0.6 is 0 Å². The maximum Gasteiger partial charge on any atom is 0.311 e. The highest BCUT2D eigenvalue weighted by Crippen LogP contribution is 2.48. The van der Waals surface area contributed by atoms with Gasteiger partial charge in [-0.1, -0.05) is 53.7 Å². The number of hydrogen-bond donors (Lipinski definition) is 2. The monoisotopic (exact) mass is 822 g/mol. The Morgan fingerprint density at radius 3 is 2.29 bits per heavy atom. The molecule has 4 rings (SSSR count). The van der Waals surface area contributed by atoms with Crippen LogP contribution < -0.4 is 0 Å². The summed E-state index contributed by atoms with van der Waals surface area (Å²) in [6, 6.07) is -0.261. The molecule has 0 aliphatic carbocycles. The van der Waals surface area contributed by atoms with E-state index in [4.69, 9.17) is 33.2 Å². The summed E-state index contributed by atoms with van der Waals surface area (Å²) in [4.78, 5) is 43.7. The molecule has 3 aliphatic rings. The summed E-state index contributed by atoms with van der Waals surface area (Å²) in [5.41, 5.74) is -1.46. The van der Waals surface area contributed by atoms with E-state index in [2.05, 4.69) is 10.3 Å². The fourth-order valence-electron chi connectivity index (χ4n) is 8.72. The van der Waals surface area contributed by atoms with Gasteiger partial charge in [0.1, 0.15) is 35.4 Å². The first kappa shape index (κ1) is 47.5. The van der Waals surface area contributed by atoms with E-state index in [0.717, 1.165) is 5.57 Å². The summed E-state index contributed by atoms with van der Waals surface area (Å²) in [6.07, 6.45) is -3.49. The fourth-order valence-corrected chi connectivity index (χ4v) is 8.72. The molecule has 0 saturated carbocycles. The predicted molar refractivity (Wildman–Crippen MR) is 212 cm³/mol. The minimum atomic E-state index is -1.67. The van der Waals surface area contributed by atoms with E-state index in [0.29, 0.717) is 24.3 Å². The average molecular weight is 823 g/mol. The van der Waals surface area contributed by atoms with Crippen LogP contribution in [0.15, 0.2) is 17.5 Å². The molecule has 3 aliphatic heterocycles. The zero-order valence-electron chi connectivity index (χ0n) is 37.1. The third-order valence-corrected chi connectivity index (χ3v) is 11.9. The number of ether oxygens (including phenoxy) is 7. The molecule has 16 heteroatoms. The van der Waals surface area contributed by atoms with Gasteiger partial charge in [0.2, 0.25) is 0 Å². The van der Waals surface area contributed by atoms with Crippen LogP contribution in [-0.4, -0.2) is 129 Å². The van der Waals surface area contributed by atoms with Crippen LogP contribution in [0.3, 0.4) is 0 Å². The molecule has 2 saturated heterocycles.